The number of phenols is 2. The zero-order chi connectivity index (χ0) is 23.7. The summed E-state index contributed by atoms with van der Waals surface area (Å²) >= 11 is 0.476. The molecule has 0 heterocycles. The molecule has 0 atom stereocenters. The monoisotopic (exact) mass is 633 g/mol. The normalized spacial score (nSPS) is 11.2. The van der Waals surface area contributed by atoms with Crippen LogP contribution in [0.25, 0.3) is 10.8 Å². The Morgan fingerprint density at radius 2 is 1.50 bits per heavy atom. The predicted octanol–water partition coefficient (Wildman–Crippen LogP) is -7.29. The fraction of sp³-hybridized carbons (Fsp3) is 0. The second-order valence-corrected chi connectivity index (χ2v) is 9.43. The van der Waals surface area contributed by atoms with E-state index < -0.39 is 47.2 Å². The number of azo groups is 1. The third-order valence-electron chi connectivity index (χ3n) is 3.94. The summed E-state index contributed by atoms with van der Waals surface area (Å²) in [6.07, 6.45) is 0. The summed E-state index contributed by atoms with van der Waals surface area (Å²) in [7, 11) is -10.2. The summed E-state index contributed by atoms with van der Waals surface area (Å²) in [6.45, 7) is 0. The molecule has 0 bridgehead atoms. The minimum absolute atomic E-state index is 0. The second-order valence-electron chi connectivity index (χ2n) is 5.93. The van der Waals surface area contributed by atoms with Crippen molar-refractivity contribution in [2.45, 2.75) is 14.7 Å². The number of rotatable bonds is 7. The maximum absolute atomic E-state index is 11.5. The Hall–Kier alpha value is 0.689. The average molecular weight is 634 g/mol. The summed E-state index contributed by atoms with van der Waals surface area (Å²) in [6, 6.07) is 7.13. The van der Waals surface area contributed by atoms with Gasteiger partial charge in [0.05, 0.1) is 21.8 Å². The molecule has 3 aromatic rings. The van der Waals surface area contributed by atoms with Crippen molar-refractivity contribution >= 4 is 54.4 Å². The van der Waals surface area contributed by atoms with Crippen LogP contribution in [0.4, 0.5) is 11.4 Å². The first-order valence-electron chi connectivity index (χ1n) is 8.01. The molecular weight excluding hydrogens is 625 g/mol. The molecule has 1 radical (unpaired) electrons. The zero-order valence-corrected chi connectivity index (χ0v) is 27.9. The van der Waals surface area contributed by atoms with Crippen LogP contribution in [0.3, 0.4) is 0 Å². The molecule has 13 nitrogen and oxygen atoms in total. The van der Waals surface area contributed by atoms with Crippen LogP contribution in [-0.4, -0.2) is 36.2 Å². The Morgan fingerprint density at radius 1 is 0.861 bits per heavy atom. The van der Waals surface area contributed by atoms with Gasteiger partial charge in [-0.1, -0.05) is 6.07 Å². The minimum Gasteiger partial charge on any atom is -0.744 e. The largest absolute Gasteiger partial charge is 1.00 e. The number of nitrogens with zero attached hydrogens (tertiary/aromatic N) is 2. The van der Waals surface area contributed by atoms with E-state index in [1.54, 1.807) is 0 Å². The van der Waals surface area contributed by atoms with Gasteiger partial charge in [-0.05, 0) is 41.8 Å². The maximum atomic E-state index is 11.5. The molecule has 0 aliphatic heterocycles. The minimum atomic E-state index is -5.25. The van der Waals surface area contributed by atoms with E-state index in [0.29, 0.717) is 18.1 Å². The van der Waals surface area contributed by atoms with E-state index in [9.17, 15) is 41.4 Å². The van der Waals surface area contributed by atoms with Crippen molar-refractivity contribution in [3.8, 4) is 11.5 Å². The van der Waals surface area contributed by atoms with Gasteiger partial charge in [-0.15, -0.1) is 10.2 Å². The summed E-state index contributed by atoms with van der Waals surface area (Å²) < 4.78 is 72.6. The number of aromatic hydroxyl groups is 2. The van der Waals surface area contributed by atoms with E-state index in [2.05, 4.69) is 19.6 Å². The molecule has 2 N–H and O–H groups in total. The number of fused-ring (bicyclic) bond motifs is 1. The fourth-order valence-electron chi connectivity index (χ4n) is 2.57. The van der Waals surface area contributed by atoms with Crippen LogP contribution in [0, 0.1) is 0 Å². The summed E-state index contributed by atoms with van der Waals surface area (Å²) in [5, 5.41) is 40.5. The molecule has 20 heteroatoms. The van der Waals surface area contributed by atoms with Gasteiger partial charge in [0.1, 0.15) is 37.4 Å². The Labute approximate surface area is 286 Å². The van der Waals surface area contributed by atoms with Gasteiger partial charge in [-0.2, -0.15) is 4.33 Å². The SMILES string of the molecule is O=S(=O)([O-])c1ccc2c(N=Nc3cc(SOO[O-])ccc3O)c(O)c(S(=O)(=O)[O-])cc2c1.[Cu].[Na+].[Na+].[Na+]. The van der Waals surface area contributed by atoms with Gasteiger partial charge >= 0.3 is 88.7 Å². The number of phenolic OH excluding ortho intramolecular Hbond substituents is 2. The van der Waals surface area contributed by atoms with Crippen molar-refractivity contribution in [2.75, 3.05) is 0 Å². The van der Waals surface area contributed by atoms with Crippen molar-refractivity contribution in [1.29, 1.82) is 0 Å². The predicted molar refractivity (Wildman–Crippen MR) is 102 cm³/mol. The first-order chi connectivity index (χ1) is 14.9. The smallest absolute Gasteiger partial charge is 0.744 e. The average Bonchev–Trinajstić information content (AvgIpc) is 2.71. The van der Waals surface area contributed by atoms with Gasteiger partial charge in [-0.25, -0.2) is 16.8 Å². The van der Waals surface area contributed by atoms with Crippen LogP contribution in [0.5, 0.6) is 11.5 Å². The van der Waals surface area contributed by atoms with Gasteiger partial charge < -0.3 is 24.6 Å². The van der Waals surface area contributed by atoms with E-state index >= 15 is 0 Å². The molecule has 36 heavy (non-hydrogen) atoms. The van der Waals surface area contributed by atoms with Crippen LogP contribution in [0.2, 0.25) is 0 Å². The van der Waals surface area contributed by atoms with Crippen molar-refractivity contribution in [1.82, 2.24) is 0 Å². The molecule has 0 saturated heterocycles. The molecular formula is C16H9CuN2Na3O11S3. The van der Waals surface area contributed by atoms with Crippen LogP contribution >= 0.6 is 12.0 Å². The van der Waals surface area contributed by atoms with Crippen LogP contribution < -0.4 is 93.9 Å². The van der Waals surface area contributed by atoms with Crippen LogP contribution in [0.15, 0.2) is 67.4 Å². The second kappa shape index (κ2) is 16.1. The number of hydrogen-bond acceptors (Lipinski definition) is 14. The zero-order valence-electron chi connectivity index (χ0n) is 18.5. The van der Waals surface area contributed by atoms with Gasteiger partial charge in [0.15, 0.2) is 5.75 Å². The first kappa shape index (κ1) is 38.8. The van der Waals surface area contributed by atoms with Gasteiger partial charge in [0.25, 0.3) is 0 Å². The number of hydrogen-bond donors (Lipinski definition) is 2. The molecule has 3 rings (SSSR count). The Bertz CT molecular complexity index is 1460. The quantitative estimate of drug-likeness (QED) is 0.0619. The Morgan fingerprint density at radius 3 is 2.06 bits per heavy atom. The molecule has 0 aromatic heterocycles. The number of benzene rings is 3. The molecule has 0 spiro atoms. The topological polar surface area (TPSA) is 221 Å². The van der Waals surface area contributed by atoms with E-state index in [1.165, 1.54) is 12.1 Å². The molecule has 0 aliphatic carbocycles. The van der Waals surface area contributed by atoms with Crippen molar-refractivity contribution < 1.29 is 157 Å². The molecule has 0 aliphatic rings. The summed E-state index contributed by atoms with van der Waals surface area (Å²) in [5.41, 5.74) is -0.769. The molecule has 0 saturated carbocycles. The molecule has 0 fully saturated rings. The maximum Gasteiger partial charge on any atom is 1.00 e. The van der Waals surface area contributed by atoms with Gasteiger partial charge in [-0.3, -0.25) is 5.04 Å². The van der Waals surface area contributed by atoms with E-state index in [0.717, 1.165) is 24.3 Å². The summed E-state index contributed by atoms with van der Waals surface area (Å²) in [5.74, 6) is -1.49. The van der Waals surface area contributed by atoms with Crippen LogP contribution in [0.1, 0.15) is 0 Å². The van der Waals surface area contributed by atoms with E-state index in [-0.39, 0.29) is 127 Å². The van der Waals surface area contributed by atoms with Gasteiger partial charge in [0.2, 0.25) is 0 Å². The third kappa shape index (κ3) is 9.71. The molecule has 181 valence electrons. The third-order valence-corrected chi connectivity index (χ3v) is 6.19. The van der Waals surface area contributed by atoms with Crippen molar-refractivity contribution in [2.24, 2.45) is 10.2 Å². The Kier molecular flexibility index (Phi) is 17.3. The van der Waals surface area contributed by atoms with Gasteiger partial charge in [0, 0.05) is 27.4 Å². The van der Waals surface area contributed by atoms with E-state index in [4.69, 9.17) is 0 Å². The molecule has 3 aromatic carbocycles. The van der Waals surface area contributed by atoms with Crippen molar-refractivity contribution in [3.05, 3.63) is 42.5 Å². The first-order valence-corrected chi connectivity index (χ1v) is 11.6. The summed E-state index contributed by atoms with van der Waals surface area (Å²) in [4.78, 5) is -1.60. The standard InChI is InChI=1S/C16H12N2O11S3.Cu.3Na/c19-13-4-1-9(30-29-28-21)7-12(13)17-18-15-11-3-2-10(31(22,23)24)5-8(11)6-14(16(15)20)32(25,26)27;;;;/h1-7,19-21H,(H,22,23,24)(H,25,26,27);;;;/q;;3*+1/p-3. The molecule has 0 amide bonds. The molecule has 0 unspecified atom stereocenters. The van der Waals surface area contributed by atoms with E-state index in [1.807, 2.05) is 0 Å². The Balaban J connectivity index is 0. The fourth-order valence-corrected chi connectivity index (χ4v) is 4.07. The van der Waals surface area contributed by atoms with Crippen LogP contribution in [-0.2, 0) is 46.7 Å². The van der Waals surface area contributed by atoms with Crippen molar-refractivity contribution in [3.63, 3.8) is 0 Å².